The van der Waals surface area contributed by atoms with Crippen molar-refractivity contribution in [3.8, 4) is 22.5 Å². The Balaban J connectivity index is 1.51. The van der Waals surface area contributed by atoms with E-state index in [4.69, 9.17) is 4.98 Å². The Morgan fingerprint density at radius 1 is 0.667 bits per heavy atom. The summed E-state index contributed by atoms with van der Waals surface area (Å²) in [5, 5.41) is 0. The predicted octanol–water partition coefficient (Wildman–Crippen LogP) is 7.58. The van der Waals surface area contributed by atoms with Crippen LogP contribution in [0.2, 0.25) is 0 Å². The molecule has 0 aliphatic carbocycles. The molecular weight excluding hydrogens is 428 g/mol. The molecule has 0 aliphatic rings. The molecule has 0 unspecified atom stereocenters. The minimum Gasteiger partial charge on any atom is -0.319 e. The number of hydrogen-bond donors (Lipinski definition) is 0. The first-order chi connectivity index (χ1) is 15.9. The molecule has 0 N–H and O–H groups in total. The highest BCUT2D eigenvalue weighted by atomic mass is 19.4. The van der Waals surface area contributed by atoms with E-state index in [1.165, 1.54) is 24.3 Å². The molecule has 1 aromatic heterocycles. The third kappa shape index (κ3) is 4.24. The van der Waals surface area contributed by atoms with Crippen molar-refractivity contribution in [3.63, 3.8) is 0 Å². The lowest BCUT2D eigenvalue weighted by Gasteiger charge is -2.11. The van der Waals surface area contributed by atoms with Crippen molar-refractivity contribution in [3.05, 3.63) is 114 Å². The molecular formula is C27H18F4N2. The first-order valence-corrected chi connectivity index (χ1v) is 10.4. The van der Waals surface area contributed by atoms with Crippen LogP contribution in [0.15, 0.2) is 97.1 Å². The van der Waals surface area contributed by atoms with Crippen LogP contribution in [-0.4, -0.2) is 9.55 Å². The van der Waals surface area contributed by atoms with Crippen molar-refractivity contribution in [2.24, 2.45) is 0 Å². The van der Waals surface area contributed by atoms with Gasteiger partial charge in [-0.25, -0.2) is 9.37 Å². The lowest BCUT2D eigenvalue weighted by molar-refractivity contribution is -0.137. The van der Waals surface area contributed by atoms with E-state index < -0.39 is 11.7 Å². The number of para-hydroxylation sites is 2. The summed E-state index contributed by atoms with van der Waals surface area (Å²) in [7, 11) is 0. The maximum Gasteiger partial charge on any atom is 0.416 e. The second-order valence-corrected chi connectivity index (χ2v) is 7.79. The number of rotatable bonds is 4. The fourth-order valence-electron chi connectivity index (χ4n) is 3.89. The van der Waals surface area contributed by atoms with Gasteiger partial charge in [0.05, 0.1) is 16.6 Å². The van der Waals surface area contributed by atoms with E-state index in [0.717, 1.165) is 45.7 Å². The topological polar surface area (TPSA) is 17.8 Å². The number of hydrogen-bond acceptors (Lipinski definition) is 1. The molecule has 4 aromatic carbocycles. The molecule has 0 atom stereocenters. The highest BCUT2D eigenvalue weighted by molar-refractivity contribution is 5.81. The van der Waals surface area contributed by atoms with E-state index in [1.54, 1.807) is 12.1 Å². The Kier molecular flexibility index (Phi) is 5.21. The summed E-state index contributed by atoms with van der Waals surface area (Å²) in [4.78, 5) is 4.80. The van der Waals surface area contributed by atoms with Crippen molar-refractivity contribution < 1.29 is 17.6 Å². The number of alkyl halides is 3. The Hall–Kier alpha value is -3.93. The van der Waals surface area contributed by atoms with E-state index in [-0.39, 0.29) is 5.82 Å². The van der Waals surface area contributed by atoms with E-state index in [2.05, 4.69) is 4.57 Å². The first kappa shape index (κ1) is 20.9. The van der Waals surface area contributed by atoms with Crippen molar-refractivity contribution in [2.45, 2.75) is 12.7 Å². The average Bonchev–Trinajstić information content (AvgIpc) is 3.18. The Labute approximate surface area is 187 Å². The molecule has 2 nitrogen and oxygen atoms in total. The van der Waals surface area contributed by atoms with Crippen molar-refractivity contribution in [1.82, 2.24) is 9.55 Å². The van der Waals surface area contributed by atoms with Gasteiger partial charge in [0.25, 0.3) is 0 Å². The summed E-state index contributed by atoms with van der Waals surface area (Å²) in [5.74, 6) is 0.479. The summed E-state index contributed by atoms with van der Waals surface area (Å²) in [6, 6.07) is 26.9. The average molecular weight is 446 g/mol. The third-order valence-electron chi connectivity index (χ3n) is 5.60. The molecule has 0 saturated carbocycles. The maximum atomic E-state index is 13.3. The van der Waals surface area contributed by atoms with Gasteiger partial charge in [-0.05, 0) is 53.1 Å². The summed E-state index contributed by atoms with van der Waals surface area (Å²) >= 11 is 0. The molecule has 0 amide bonds. The lowest BCUT2D eigenvalue weighted by atomic mass is 10.0. The molecule has 33 heavy (non-hydrogen) atoms. The summed E-state index contributed by atoms with van der Waals surface area (Å²) in [6.07, 6.45) is -4.36. The quantitative estimate of drug-likeness (QED) is 0.260. The highest BCUT2D eigenvalue weighted by Crippen LogP contribution is 2.32. The van der Waals surface area contributed by atoms with Gasteiger partial charge in [0.15, 0.2) is 0 Å². The van der Waals surface area contributed by atoms with Gasteiger partial charge in [0.1, 0.15) is 11.6 Å². The van der Waals surface area contributed by atoms with E-state index in [1.807, 2.05) is 48.5 Å². The molecule has 0 radical (unpaired) electrons. The lowest BCUT2D eigenvalue weighted by Crippen LogP contribution is -2.04. The van der Waals surface area contributed by atoms with Crippen LogP contribution in [0, 0.1) is 5.82 Å². The molecule has 0 aliphatic heterocycles. The maximum absolute atomic E-state index is 13.3. The largest absolute Gasteiger partial charge is 0.416 e. The van der Waals surface area contributed by atoms with Crippen LogP contribution in [0.25, 0.3) is 33.5 Å². The van der Waals surface area contributed by atoms with Gasteiger partial charge in [-0.2, -0.15) is 13.2 Å². The number of fused-ring (bicyclic) bond motifs is 1. The van der Waals surface area contributed by atoms with Crippen LogP contribution in [0.4, 0.5) is 17.6 Å². The fraction of sp³-hybridized carbons (Fsp3) is 0.0741. The van der Waals surface area contributed by atoms with Crippen LogP contribution in [0.5, 0.6) is 0 Å². The van der Waals surface area contributed by atoms with Crippen LogP contribution in [0.3, 0.4) is 0 Å². The SMILES string of the molecule is Fc1ccc(Cn2c(-c3ccc(-c4ccc(C(F)(F)F)cc4)cc3)nc3ccccc32)cc1. The van der Waals surface area contributed by atoms with Crippen molar-refractivity contribution in [2.75, 3.05) is 0 Å². The summed E-state index contributed by atoms with van der Waals surface area (Å²) in [5.41, 5.74) is 4.48. The first-order valence-electron chi connectivity index (χ1n) is 10.4. The van der Waals surface area contributed by atoms with E-state index >= 15 is 0 Å². The number of benzene rings is 4. The zero-order valence-corrected chi connectivity index (χ0v) is 17.4. The molecule has 1 heterocycles. The van der Waals surface area contributed by atoms with Gasteiger partial charge < -0.3 is 4.57 Å². The zero-order chi connectivity index (χ0) is 23.0. The molecule has 6 heteroatoms. The number of aromatic nitrogens is 2. The fourth-order valence-corrected chi connectivity index (χ4v) is 3.89. The zero-order valence-electron chi connectivity index (χ0n) is 17.4. The Morgan fingerprint density at radius 2 is 1.24 bits per heavy atom. The molecule has 0 spiro atoms. The number of nitrogens with zero attached hydrogens (tertiary/aromatic N) is 2. The molecule has 5 rings (SSSR count). The number of imidazole rings is 1. The summed E-state index contributed by atoms with van der Waals surface area (Å²) < 4.78 is 53.9. The van der Waals surface area contributed by atoms with Crippen LogP contribution in [-0.2, 0) is 12.7 Å². The van der Waals surface area contributed by atoms with E-state index in [9.17, 15) is 17.6 Å². The van der Waals surface area contributed by atoms with Crippen LogP contribution >= 0.6 is 0 Å². The monoisotopic (exact) mass is 446 g/mol. The van der Waals surface area contributed by atoms with Gasteiger partial charge in [-0.3, -0.25) is 0 Å². The second kappa shape index (κ2) is 8.20. The Morgan fingerprint density at radius 3 is 1.88 bits per heavy atom. The minimum atomic E-state index is -4.36. The van der Waals surface area contributed by atoms with Crippen LogP contribution < -0.4 is 0 Å². The Bertz CT molecular complexity index is 1400. The molecule has 0 bridgehead atoms. The number of halogens is 4. The van der Waals surface area contributed by atoms with Gasteiger partial charge in [0.2, 0.25) is 0 Å². The van der Waals surface area contributed by atoms with Crippen LogP contribution in [0.1, 0.15) is 11.1 Å². The molecule has 0 saturated heterocycles. The minimum absolute atomic E-state index is 0.284. The van der Waals surface area contributed by atoms with Crippen molar-refractivity contribution in [1.29, 1.82) is 0 Å². The highest BCUT2D eigenvalue weighted by Gasteiger charge is 2.29. The van der Waals surface area contributed by atoms with Gasteiger partial charge >= 0.3 is 6.18 Å². The predicted molar refractivity (Wildman–Crippen MR) is 121 cm³/mol. The molecule has 5 aromatic rings. The molecule has 164 valence electrons. The standard InChI is InChI=1S/C27H18F4N2/c28-23-15-5-18(6-16-23)17-33-25-4-2-1-3-24(25)32-26(33)21-9-7-19(8-10-21)20-11-13-22(14-12-20)27(29,30)31/h1-16H,17H2. The smallest absolute Gasteiger partial charge is 0.319 e. The van der Waals surface area contributed by atoms with Gasteiger partial charge in [-0.1, -0.05) is 60.7 Å². The third-order valence-corrected chi connectivity index (χ3v) is 5.60. The molecule has 0 fully saturated rings. The summed E-state index contributed by atoms with van der Waals surface area (Å²) in [6.45, 7) is 0.525. The van der Waals surface area contributed by atoms with Crippen molar-refractivity contribution >= 4 is 11.0 Å². The normalized spacial score (nSPS) is 11.8. The van der Waals surface area contributed by atoms with Gasteiger partial charge in [-0.15, -0.1) is 0 Å². The van der Waals surface area contributed by atoms with E-state index in [0.29, 0.717) is 12.1 Å². The second-order valence-electron chi connectivity index (χ2n) is 7.79. The van der Waals surface area contributed by atoms with Gasteiger partial charge in [0, 0.05) is 12.1 Å².